The van der Waals surface area contributed by atoms with E-state index in [1.54, 1.807) is 13.0 Å². The minimum Gasteiger partial charge on any atom is -0.453 e. The van der Waals surface area contributed by atoms with Crippen molar-refractivity contribution in [3.63, 3.8) is 0 Å². The van der Waals surface area contributed by atoms with Gasteiger partial charge in [0.15, 0.2) is 34.8 Å². The average molecular weight is 1710 g/mol. The predicted octanol–water partition coefficient (Wildman–Crippen LogP) is 30.1. The molecule has 0 saturated heterocycles. The molecule has 14 nitrogen and oxygen atoms in total. The van der Waals surface area contributed by atoms with Gasteiger partial charge in [0.2, 0.25) is 0 Å². The minimum absolute atomic E-state index is 0.240. The molecule has 130 heavy (non-hydrogen) atoms. The number of imidazole rings is 4. The van der Waals surface area contributed by atoms with E-state index in [4.69, 9.17) is 33.2 Å². The normalized spacial score (nSPS) is 12.1. The van der Waals surface area contributed by atoms with E-state index in [0.29, 0.717) is 28.8 Å². The van der Waals surface area contributed by atoms with Crippen molar-refractivity contribution in [1.82, 2.24) is 49.0 Å². The van der Waals surface area contributed by atoms with E-state index in [-0.39, 0.29) is 5.82 Å². The molecule has 0 fully saturated rings. The van der Waals surface area contributed by atoms with Crippen LogP contribution in [0.15, 0.2) is 327 Å². The second-order valence-corrected chi connectivity index (χ2v) is 34.2. The molecule has 2 aliphatic rings. The van der Waals surface area contributed by atoms with Gasteiger partial charge >= 0.3 is 0 Å². The first-order valence-electron chi connectivity index (χ1n) is 44.7. The number of aliphatic imine (C=N–C) groups is 1. The topological polar surface area (TPSA) is 176 Å². The van der Waals surface area contributed by atoms with Crippen molar-refractivity contribution in [1.29, 1.82) is 0 Å². The fourth-order valence-electron chi connectivity index (χ4n) is 17.8. The molecule has 1 aliphatic carbocycles. The third kappa shape index (κ3) is 18.5. The van der Waals surface area contributed by atoms with E-state index in [9.17, 15) is 4.39 Å². The molecule has 0 amide bonds. The molecule has 0 radical (unpaired) electrons. The highest BCUT2D eigenvalue weighted by Gasteiger charge is 2.26. The first-order chi connectivity index (χ1) is 63.0. The first kappa shape index (κ1) is 86.9. The molecule has 10 aromatic carbocycles. The third-order valence-corrected chi connectivity index (χ3v) is 24.6. The number of hydrogen-bond acceptors (Lipinski definition) is 8. The number of allylic oxidation sites excluding steroid dienone is 1. The summed E-state index contributed by atoms with van der Waals surface area (Å²) in [4.78, 5) is 37.6. The number of rotatable bonds is 16. The molecule has 19 aromatic rings. The molecule has 0 bridgehead atoms. The lowest BCUT2D eigenvalue weighted by molar-refractivity contribution is 0.587. The Bertz CT molecular complexity index is 7260. The number of benzene rings is 10. The van der Waals surface area contributed by atoms with Crippen LogP contribution in [0.2, 0.25) is 0 Å². The summed E-state index contributed by atoms with van der Waals surface area (Å²) in [5.74, 6) is 7.92. The maximum absolute atomic E-state index is 13.8. The number of nitrogens with one attached hydrogen (secondary N) is 4. The number of aromatic nitrogens is 10. The molecule has 4 N–H and O–H groups in total. The summed E-state index contributed by atoms with van der Waals surface area (Å²) in [5, 5.41) is 0. The van der Waals surface area contributed by atoms with Crippen LogP contribution in [0.25, 0.3) is 142 Å². The molecule has 0 saturated carbocycles. The van der Waals surface area contributed by atoms with E-state index in [1.165, 1.54) is 121 Å². The van der Waals surface area contributed by atoms with Crippen LogP contribution >= 0.6 is 0 Å². The Balaban J connectivity index is 0.000000114. The smallest absolute Gasteiger partial charge is 0.174 e. The summed E-state index contributed by atoms with van der Waals surface area (Å²) < 4.78 is 36.6. The SMILES string of the molecule is CC1=C(c2ccccc2)N=C(c2cc(C)n(-c3ccc(C(C)C)cc3)c2C)C1.Cc1[nH]c(-c2cc(C)n(-c3ccc4c(c3)CCC4)c2C)nc1-c1ccccc1.Cc1[nH]c(-c2ccc(-c3cccc(F)c3C)o2)nc1-c1ccccc1.Cc1cccc(C)c1-c1ccc(-c2nc(-c3ccccc3)c(C)[nH]2)o1.Cc1ccccc1-c1ccc(-c2nc(-c3ccccc3)c(C)[nH]2)o1. The molecule has 9 aromatic heterocycles. The van der Waals surface area contributed by atoms with E-state index < -0.39 is 0 Å². The van der Waals surface area contributed by atoms with E-state index in [2.05, 4.69) is 274 Å². The van der Waals surface area contributed by atoms with Gasteiger partial charge in [0.05, 0.1) is 34.2 Å². The number of H-pyrrole nitrogens is 4. The number of aryl methyl sites for hydroxylation is 11. The molecule has 15 heteroatoms. The largest absolute Gasteiger partial charge is 0.453 e. The lowest BCUT2D eigenvalue weighted by Gasteiger charge is -2.12. The van der Waals surface area contributed by atoms with Crippen LogP contribution in [-0.4, -0.2) is 54.7 Å². The van der Waals surface area contributed by atoms with Crippen LogP contribution < -0.4 is 0 Å². The van der Waals surface area contributed by atoms with Crippen LogP contribution in [-0.2, 0) is 12.8 Å². The molecular weight excluding hydrogens is 1600 g/mol. The zero-order valence-corrected chi connectivity index (χ0v) is 76.5. The molecule has 0 spiro atoms. The van der Waals surface area contributed by atoms with Crippen LogP contribution in [0.3, 0.4) is 0 Å². The summed E-state index contributed by atoms with van der Waals surface area (Å²) in [6.45, 7) is 31.6. The number of furan rings is 3. The van der Waals surface area contributed by atoms with E-state index in [0.717, 1.165) is 137 Å². The second kappa shape index (κ2) is 38.1. The quantitative estimate of drug-likeness (QED) is 0.0744. The van der Waals surface area contributed by atoms with Gasteiger partial charge in [0.1, 0.15) is 28.9 Å². The Morgan fingerprint density at radius 2 is 0.715 bits per heavy atom. The highest BCUT2D eigenvalue weighted by molar-refractivity contribution is 6.09. The number of aromatic amines is 4. The van der Waals surface area contributed by atoms with Gasteiger partial charge < -0.3 is 42.3 Å². The number of halogens is 1. The van der Waals surface area contributed by atoms with E-state index >= 15 is 0 Å². The van der Waals surface area contributed by atoms with Crippen LogP contribution in [0.4, 0.5) is 4.39 Å². The molecule has 10 heterocycles. The number of nitrogens with zero attached hydrogens (tertiary/aromatic N) is 7. The van der Waals surface area contributed by atoms with Gasteiger partial charge in [0.25, 0.3) is 0 Å². The lowest BCUT2D eigenvalue weighted by atomic mass is 10.0. The Morgan fingerprint density at radius 1 is 0.331 bits per heavy atom. The Labute approximate surface area is 760 Å². The van der Waals surface area contributed by atoms with Crippen molar-refractivity contribution in [2.24, 2.45) is 4.99 Å². The minimum atomic E-state index is -0.240. The van der Waals surface area contributed by atoms with Gasteiger partial charge in [-0.15, -0.1) is 0 Å². The van der Waals surface area contributed by atoms with Gasteiger partial charge in [-0.3, -0.25) is 4.99 Å². The Hall–Kier alpha value is -15.2. The molecule has 648 valence electrons. The number of hydrogen-bond donors (Lipinski definition) is 4. The number of fused-ring (bicyclic) bond motifs is 1. The van der Waals surface area contributed by atoms with Crippen LogP contribution in [0, 0.1) is 88.9 Å². The van der Waals surface area contributed by atoms with Gasteiger partial charge in [-0.05, 0) is 239 Å². The predicted molar refractivity (Wildman–Crippen MR) is 529 cm³/mol. The maximum Gasteiger partial charge on any atom is 0.174 e. The summed E-state index contributed by atoms with van der Waals surface area (Å²) in [6, 6.07) is 103. The molecular formula is C115H108FN11O3. The van der Waals surface area contributed by atoms with Gasteiger partial charge in [-0.25, -0.2) is 24.3 Å². The molecule has 0 unspecified atom stereocenters. The summed E-state index contributed by atoms with van der Waals surface area (Å²) >= 11 is 0. The van der Waals surface area contributed by atoms with E-state index in [1.807, 2.05) is 148 Å². The van der Waals surface area contributed by atoms with Crippen molar-refractivity contribution in [3.8, 4) is 137 Å². The van der Waals surface area contributed by atoms with Crippen molar-refractivity contribution in [2.45, 2.75) is 135 Å². The van der Waals surface area contributed by atoms with Crippen LogP contribution in [0.5, 0.6) is 0 Å². The molecule has 21 rings (SSSR count). The van der Waals surface area contributed by atoms with Gasteiger partial charge in [-0.1, -0.05) is 238 Å². The summed E-state index contributed by atoms with van der Waals surface area (Å²) in [6.07, 6.45) is 4.62. The molecule has 1 aliphatic heterocycles. The Kier molecular flexibility index (Phi) is 25.5. The second-order valence-electron chi connectivity index (χ2n) is 34.2. The zero-order chi connectivity index (χ0) is 90.4. The van der Waals surface area contributed by atoms with Gasteiger partial charge in [0, 0.05) is 119 Å². The Morgan fingerprint density at radius 3 is 1.22 bits per heavy atom. The van der Waals surface area contributed by atoms with Crippen molar-refractivity contribution in [3.05, 3.63) is 410 Å². The monoisotopic (exact) mass is 1710 g/mol. The summed E-state index contributed by atoms with van der Waals surface area (Å²) in [5.41, 5.74) is 38.7. The fraction of sp³-hybridized carbons (Fsp3) is 0.174. The van der Waals surface area contributed by atoms with Gasteiger partial charge in [-0.2, -0.15) is 0 Å². The van der Waals surface area contributed by atoms with Crippen molar-refractivity contribution >= 4 is 11.4 Å². The van der Waals surface area contributed by atoms with Crippen molar-refractivity contribution in [2.75, 3.05) is 0 Å². The van der Waals surface area contributed by atoms with Crippen molar-refractivity contribution < 1.29 is 17.6 Å². The average Bonchev–Trinajstić information content (AvgIpc) is 1.62. The first-order valence-corrected chi connectivity index (χ1v) is 44.7. The highest BCUT2D eigenvalue weighted by Crippen LogP contribution is 2.40. The summed E-state index contributed by atoms with van der Waals surface area (Å²) in [7, 11) is 0. The third-order valence-electron chi connectivity index (χ3n) is 24.6. The standard InChI is InChI=1S/C26H28N2.C25H25N3.C22H20N2O.C21H17FN2O.C21H18N2O/c1-17(2)21-11-13-23(14-12-21)28-19(4)16-24(20(28)5)25-15-18(3)26(27-25)22-9-7-6-8-10-22;1-16-14-23(25-26-17(2)24(27-25)20-8-5-4-6-9-20)18(3)28(16)22-13-12-19-10-7-11-21(19)15-22;1-14-8-7-9-15(2)20(14)18-12-13-19(25-18)22-23-16(3)21(24-22)17-10-5-4-6-11-17;1-13-16(9-6-10-17(13)22)18-11-12-19(25-18)21-23-14(2)20(24-21)15-7-4-3-5-8-15;1-14-8-6-7-11-17(14)18-12-13-19(24-18)21-22-15(2)20(23-21)16-9-4-3-5-10-16/h6-14,16-17H,15H2,1-5H3;4-6,8-9,12-15H,7,10-11H2,1-3H3,(H,26,27);4-13H,1-3H3,(H,23,24);3-12H,1-2H3,(H,23,24);3-13H,1-2H3,(H,22,23). The fourth-order valence-corrected chi connectivity index (χ4v) is 17.8. The maximum atomic E-state index is 13.8. The molecule has 0 atom stereocenters. The van der Waals surface area contributed by atoms with Crippen LogP contribution in [0.1, 0.15) is 135 Å². The highest BCUT2D eigenvalue weighted by atomic mass is 19.1. The lowest BCUT2D eigenvalue weighted by Crippen LogP contribution is -2.03. The zero-order valence-electron chi connectivity index (χ0n) is 76.5.